The molecule has 0 saturated carbocycles. The molecule has 1 saturated heterocycles. The minimum atomic E-state index is -0.156. The van der Waals surface area contributed by atoms with Crippen molar-refractivity contribution >= 4 is 11.9 Å². The van der Waals surface area contributed by atoms with Gasteiger partial charge in [0.1, 0.15) is 6.26 Å². The maximum Gasteiger partial charge on any atom is 0.317 e. The average Bonchev–Trinajstić information content (AvgIpc) is 3.23. The zero-order valence-corrected chi connectivity index (χ0v) is 15.2. The van der Waals surface area contributed by atoms with Crippen LogP contribution in [0.15, 0.2) is 47.3 Å². The molecule has 1 aromatic heterocycles. The van der Waals surface area contributed by atoms with Crippen LogP contribution in [0.2, 0.25) is 0 Å². The molecule has 0 unspecified atom stereocenters. The molecule has 0 radical (unpaired) electrons. The van der Waals surface area contributed by atoms with E-state index in [9.17, 15) is 9.59 Å². The quantitative estimate of drug-likeness (QED) is 0.901. The molecule has 3 amide bonds. The second-order valence-corrected chi connectivity index (χ2v) is 6.70. The van der Waals surface area contributed by atoms with Crippen molar-refractivity contribution in [2.75, 3.05) is 20.1 Å². The number of urea groups is 1. The normalized spacial score (nSPS) is 14.4. The first-order chi connectivity index (χ1) is 13.1. The summed E-state index contributed by atoms with van der Waals surface area (Å²) in [7, 11) is 1.73. The topological polar surface area (TPSA) is 89.6 Å². The van der Waals surface area contributed by atoms with E-state index in [2.05, 4.69) is 11.4 Å². The Kier molecular flexibility index (Phi) is 5.77. The Labute approximate surface area is 158 Å². The van der Waals surface area contributed by atoms with Crippen LogP contribution in [-0.2, 0) is 6.54 Å². The van der Waals surface area contributed by atoms with Gasteiger partial charge in [0.2, 0.25) is 0 Å². The van der Waals surface area contributed by atoms with Gasteiger partial charge in [-0.3, -0.25) is 4.79 Å². The van der Waals surface area contributed by atoms with Gasteiger partial charge < -0.3 is 19.5 Å². The first kappa shape index (κ1) is 18.5. The number of likely N-dealkylation sites (tertiary alicyclic amines) is 1. The highest BCUT2D eigenvalue weighted by molar-refractivity contribution is 5.93. The highest BCUT2D eigenvalue weighted by atomic mass is 16.3. The Bertz CT molecular complexity index is 833. The third-order valence-corrected chi connectivity index (χ3v) is 4.70. The van der Waals surface area contributed by atoms with Crippen LogP contribution in [0.1, 0.15) is 34.3 Å². The number of carbonyl (C=O) groups is 2. The summed E-state index contributed by atoms with van der Waals surface area (Å²) in [5.41, 5.74) is 2.04. The van der Waals surface area contributed by atoms with Crippen molar-refractivity contribution < 1.29 is 14.0 Å². The Hall–Kier alpha value is -3.27. The van der Waals surface area contributed by atoms with Crippen molar-refractivity contribution in [3.63, 3.8) is 0 Å². The van der Waals surface area contributed by atoms with Crippen LogP contribution >= 0.6 is 0 Å². The summed E-state index contributed by atoms with van der Waals surface area (Å²) in [6.07, 6.45) is 4.37. The SMILES string of the molecule is CN(Cc1cccc(C#N)c1)C(=O)NC1CCN(C(=O)c2ccoc2)CC1. The molecule has 1 aliphatic heterocycles. The number of nitrogens with zero attached hydrogens (tertiary/aromatic N) is 3. The lowest BCUT2D eigenvalue weighted by atomic mass is 10.0. The number of piperidine rings is 1. The fourth-order valence-electron chi connectivity index (χ4n) is 3.17. The fourth-order valence-corrected chi connectivity index (χ4v) is 3.17. The molecule has 1 aliphatic rings. The van der Waals surface area contributed by atoms with E-state index in [1.165, 1.54) is 12.5 Å². The van der Waals surface area contributed by atoms with Crippen LogP contribution in [-0.4, -0.2) is 47.9 Å². The number of furan rings is 1. The third-order valence-electron chi connectivity index (χ3n) is 4.70. The molecular formula is C20H22N4O3. The van der Waals surface area contributed by atoms with E-state index in [1.54, 1.807) is 35.0 Å². The summed E-state index contributed by atoms with van der Waals surface area (Å²) in [4.78, 5) is 28.1. The number of amides is 3. The molecule has 0 spiro atoms. The van der Waals surface area contributed by atoms with Gasteiger partial charge in [0.25, 0.3) is 5.91 Å². The van der Waals surface area contributed by atoms with Crippen molar-refractivity contribution in [3.8, 4) is 6.07 Å². The van der Waals surface area contributed by atoms with Crippen LogP contribution in [0.25, 0.3) is 0 Å². The van der Waals surface area contributed by atoms with Gasteiger partial charge in [-0.1, -0.05) is 12.1 Å². The lowest BCUT2D eigenvalue weighted by Gasteiger charge is -2.33. The standard InChI is InChI=1S/C20H22N4O3/c1-23(13-16-4-2-3-15(11-16)12-21)20(26)22-18-5-8-24(9-6-18)19(25)17-7-10-27-14-17/h2-4,7,10-11,14,18H,5-6,8-9,13H2,1H3,(H,22,26). The molecule has 0 aliphatic carbocycles. The van der Waals surface area contributed by atoms with Crippen LogP contribution < -0.4 is 5.32 Å². The van der Waals surface area contributed by atoms with E-state index in [0.717, 1.165) is 5.56 Å². The van der Waals surface area contributed by atoms with Crippen molar-refractivity contribution in [3.05, 3.63) is 59.5 Å². The largest absolute Gasteiger partial charge is 0.472 e. The number of benzene rings is 1. The molecule has 140 valence electrons. The first-order valence-corrected chi connectivity index (χ1v) is 8.89. The van der Waals surface area contributed by atoms with Gasteiger partial charge in [-0.25, -0.2) is 4.79 Å². The summed E-state index contributed by atoms with van der Waals surface area (Å²) in [6.45, 7) is 1.63. The zero-order chi connectivity index (χ0) is 19.2. The van der Waals surface area contributed by atoms with E-state index in [4.69, 9.17) is 9.68 Å². The van der Waals surface area contributed by atoms with Crippen molar-refractivity contribution in [2.45, 2.75) is 25.4 Å². The van der Waals surface area contributed by atoms with Gasteiger partial charge >= 0.3 is 6.03 Å². The molecular weight excluding hydrogens is 344 g/mol. The molecule has 0 bridgehead atoms. The maximum absolute atomic E-state index is 12.4. The predicted octanol–water partition coefficient (Wildman–Crippen LogP) is 2.60. The van der Waals surface area contributed by atoms with E-state index in [-0.39, 0.29) is 18.0 Å². The summed E-state index contributed by atoms with van der Waals surface area (Å²) < 4.78 is 4.96. The van der Waals surface area contributed by atoms with Gasteiger partial charge in [0.05, 0.1) is 23.5 Å². The zero-order valence-electron chi connectivity index (χ0n) is 15.2. The van der Waals surface area contributed by atoms with Crippen LogP contribution in [0, 0.1) is 11.3 Å². The Balaban J connectivity index is 1.47. The van der Waals surface area contributed by atoms with E-state index >= 15 is 0 Å². The summed E-state index contributed by atoms with van der Waals surface area (Å²) >= 11 is 0. The number of hydrogen-bond donors (Lipinski definition) is 1. The molecule has 2 aromatic rings. The summed E-state index contributed by atoms with van der Waals surface area (Å²) in [5.74, 6) is -0.0389. The van der Waals surface area contributed by atoms with Gasteiger partial charge in [0, 0.05) is 32.7 Å². The molecule has 7 nitrogen and oxygen atoms in total. The minimum Gasteiger partial charge on any atom is -0.472 e. The highest BCUT2D eigenvalue weighted by Gasteiger charge is 2.25. The van der Waals surface area contributed by atoms with Crippen LogP contribution in [0.3, 0.4) is 0 Å². The molecule has 27 heavy (non-hydrogen) atoms. The summed E-state index contributed by atoms with van der Waals surface area (Å²) in [5, 5.41) is 12.0. The monoisotopic (exact) mass is 366 g/mol. The molecule has 7 heteroatoms. The van der Waals surface area contributed by atoms with Gasteiger partial charge in [-0.2, -0.15) is 5.26 Å². The number of rotatable bonds is 4. The molecule has 3 rings (SSSR count). The molecule has 1 fully saturated rings. The van der Waals surface area contributed by atoms with Gasteiger partial charge in [-0.05, 0) is 36.6 Å². The van der Waals surface area contributed by atoms with Crippen LogP contribution in [0.5, 0.6) is 0 Å². The van der Waals surface area contributed by atoms with E-state index in [0.29, 0.717) is 43.6 Å². The summed E-state index contributed by atoms with van der Waals surface area (Å²) in [6, 6.07) is 10.9. The number of hydrogen-bond acceptors (Lipinski definition) is 4. The van der Waals surface area contributed by atoms with Gasteiger partial charge in [0.15, 0.2) is 0 Å². The average molecular weight is 366 g/mol. The van der Waals surface area contributed by atoms with Crippen molar-refractivity contribution in [1.29, 1.82) is 5.26 Å². The molecule has 2 heterocycles. The van der Waals surface area contributed by atoms with Crippen molar-refractivity contribution in [1.82, 2.24) is 15.1 Å². The van der Waals surface area contributed by atoms with Crippen molar-refractivity contribution in [2.24, 2.45) is 0 Å². The lowest BCUT2D eigenvalue weighted by Crippen LogP contribution is -2.49. The van der Waals surface area contributed by atoms with E-state index in [1.807, 2.05) is 12.1 Å². The Morgan fingerprint density at radius 1 is 1.33 bits per heavy atom. The Morgan fingerprint density at radius 2 is 2.11 bits per heavy atom. The predicted molar refractivity (Wildman–Crippen MR) is 98.8 cm³/mol. The molecule has 0 atom stereocenters. The van der Waals surface area contributed by atoms with E-state index < -0.39 is 0 Å². The number of carbonyl (C=O) groups excluding carboxylic acids is 2. The third kappa shape index (κ3) is 4.67. The lowest BCUT2D eigenvalue weighted by molar-refractivity contribution is 0.0706. The second-order valence-electron chi connectivity index (χ2n) is 6.70. The van der Waals surface area contributed by atoms with Crippen LogP contribution in [0.4, 0.5) is 4.79 Å². The Morgan fingerprint density at radius 3 is 2.78 bits per heavy atom. The smallest absolute Gasteiger partial charge is 0.317 e. The van der Waals surface area contributed by atoms with Gasteiger partial charge in [-0.15, -0.1) is 0 Å². The highest BCUT2D eigenvalue weighted by Crippen LogP contribution is 2.15. The molecule has 1 N–H and O–H groups in total. The second kappa shape index (κ2) is 8.41. The molecule has 1 aromatic carbocycles. The number of nitriles is 1. The minimum absolute atomic E-state index is 0.0389. The fraction of sp³-hybridized carbons (Fsp3) is 0.350. The first-order valence-electron chi connectivity index (χ1n) is 8.89. The maximum atomic E-state index is 12.4. The number of nitrogens with one attached hydrogen (secondary N) is 1.